The predicted octanol–water partition coefficient (Wildman–Crippen LogP) is 5.46. The first kappa shape index (κ1) is 31.3. The molecular formula is C34H34BrN3O5S. The number of halogens is 1. The van der Waals surface area contributed by atoms with Crippen molar-refractivity contribution in [2.75, 3.05) is 27.3 Å². The Bertz CT molecular complexity index is 1890. The number of likely N-dealkylation sites (N-methyl/N-ethyl adjacent to an activating group) is 1. The van der Waals surface area contributed by atoms with E-state index in [2.05, 4.69) is 15.9 Å². The van der Waals surface area contributed by atoms with Gasteiger partial charge in [0.2, 0.25) is 0 Å². The second-order valence-electron chi connectivity index (χ2n) is 10.1. The first-order valence-corrected chi connectivity index (χ1v) is 15.9. The molecular weight excluding hydrogens is 642 g/mol. The number of amides is 1. The summed E-state index contributed by atoms with van der Waals surface area (Å²) in [5, 5.41) is 0. The number of aromatic nitrogens is 1. The number of ether oxygens (including phenoxy) is 3. The van der Waals surface area contributed by atoms with Gasteiger partial charge in [0.05, 0.1) is 30.0 Å². The van der Waals surface area contributed by atoms with Gasteiger partial charge in [-0.1, -0.05) is 57.6 Å². The van der Waals surface area contributed by atoms with E-state index in [1.807, 2.05) is 81.4 Å². The van der Waals surface area contributed by atoms with Crippen LogP contribution in [0.25, 0.3) is 6.08 Å². The Morgan fingerprint density at radius 1 is 1.02 bits per heavy atom. The summed E-state index contributed by atoms with van der Waals surface area (Å²) in [4.78, 5) is 35.3. The van der Waals surface area contributed by atoms with E-state index < -0.39 is 6.04 Å². The number of rotatable bonds is 10. The van der Waals surface area contributed by atoms with E-state index in [-0.39, 0.29) is 11.5 Å². The summed E-state index contributed by atoms with van der Waals surface area (Å²) in [5.74, 6) is 1.58. The van der Waals surface area contributed by atoms with Crippen molar-refractivity contribution in [3.63, 3.8) is 0 Å². The molecule has 5 rings (SSSR count). The van der Waals surface area contributed by atoms with Crippen LogP contribution in [0.15, 0.2) is 92.3 Å². The second kappa shape index (κ2) is 13.7. The minimum absolute atomic E-state index is 0.177. The van der Waals surface area contributed by atoms with Crippen LogP contribution in [-0.4, -0.2) is 42.7 Å². The van der Waals surface area contributed by atoms with E-state index in [9.17, 15) is 9.59 Å². The molecule has 1 aromatic heterocycles. The van der Waals surface area contributed by atoms with Crippen LogP contribution in [0.1, 0.15) is 43.5 Å². The Balaban J connectivity index is 1.70. The Hall–Kier alpha value is -4.15. The Labute approximate surface area is 268 Å². The van der Waals surface area contributed by atoms with E-state index in [1.165, 1.54) is 11.3 Å². The van der Waals surface area contributed by atoms with Crippen LogP contribution in [0.4, 0.5) is 0 Å². The summed E-state index contributed by atoms with van der Waals surface area (Å²) in [6.45, 7) is 7.11. The summed E-state index contributed by atoms with van der Waals surface area (Å²) in [5.41, 5.74) is 3.13. The molecule has 0 radical (unpaired) electrons. The fraction of sp³-hybridized carbons (Fsp3) is 0.265. The molecule has 8 nitrogen and oxygen atoms in total. The Morgan fingerprint density at radius 2 is 1.75 bits per heavy atom. The quantitative estimate of drug-likeness (QED) is 0.223. The molecule has 0 fully saturated rings. The molecule has 1 atom stereocenters. The zero-order chi connectivity index (χ0) is 31.4. The van der Waals surface area contributed by atoms with Gasteiger partial charge in [0.1, 0.15) is 29.9 Å². The molecule has 0 saturated carbocycles. The lowest BCUT2D eigenvalue weighted by Gasteiger charge is -2.30. The van der Waals surface area contributed by atoms with Gasteiger partial charge in [-0.05, 0) is 68.8 Å². The monoisotopic (exact) mass is 675 g/mol. The third-order valence-corrected chi connectivity index (χ3v) is 9.01. The maximum atomic E-state index is 14.3. The normalized spacial score (nSPS) is 14.6. The first-order chi connectivity index (χ1) is 21.3. The number of hydrogen-bond acceptors (Lipinski definition) is 7. The number of allylic oxidation sites excluding steroid dienone is 1. The van der Waals surface area contributed by atoms with Gasteiger partial charge in [-0.15, -0.1) is 0 Å². The van der Waals surface area contributed by atoms with Crippen molar-refractivity contribution < 1.29 is 19.0 Å². The van der Waals surface area contributed by atoms with Crippen molar-refractivity contribution in [1.82, 2.24) is 9.47 Å². The zero-order valence-corrected chi connectivity index (χ0v) is 27.7. The highest BCUT2D eigenvalue weighted by molar-refractivity contribution is 9.10. The van der Waals surface area contributed by atoms with Gasteiger partial charge in [-0.25, -0.2) is 4.99 Å². The molecule has 0 aliphatic carbocycles. The fourth-order valence-electron chi connectivity index (χ4n) is 5.26. The maximum absolute atomic E-state index is 14.3. The summed E-state index contributed by atoms with van der Waals surface area (Å²) >= 11 is 4.83. The van der Waals surface area contributed by atoms with E-state index in [1.54, 1.807) is 35.8 Å². The molecule has 0 bridgehead atoms. The summed E-state index contributed by atoms with van der Waals surface area (Å²) < 4.78 is 20.4. The van der Waals surface area contributed by atoms with Crippen LogP contribution >= 0.6 is 27.3 Å². The smallest absolute Gasteiger partial charge is 0.271 e. The van der Waals surface area contributed by atoms with Crippen molar-refractivity contribution in [2.24, 2.45) is 4.99 Å². The number of carbonyl (C=O) groups is 1. The number of hydrogen-bond donors (Lipinski definition) is 0. The maximum Gasteiger partial charge on any atom is 0.271 e. The number of thiazole rings is 1. The molecule has 3 aromatic carbocycles. The molecule has 1 amide bonds. The highest BCUT2D eigenvalue weighted by Crippen LogP contribution is 2.38. The lowest BCUT2D eigenvalue weighted by molar-refractivity contribution is -0.127. The largest absolute Gasteiger partial charge is 0.497 e. The van der Waals surface area contributed by atoms with E-state index in [0.29, 0.717) is 63.1 Å². The molecule has 4 aromatic rings. The standard InChI is InChI=1S/C34H34BrN3O5S/c1-6-37(7-2)33(40)30-21(3)36-34-38(31(30)26-19-25(41-4)14-16-28(26)42-5)32(39)29(44-34)18-23-17-24(35)13-15-27(23)43-20-22-11-9-8-10-12-22/h8-19,31H,6-7,20H2,1-5H3/b29-18+/t31-/m0/s1. The van der Waals surface area contributed by atoms with E-state index >= 15 is 0 Å². The number of carbonyl (C=O) groups excluding carboxylic acids is 1. The van der Waals surface area contributed by atoms with Crippen molar-refractivity contribution in [3.8, 4) is 17.2 Å². The van der Waals surface area contributed by atoms with Crippen LogP contribution in [-0.2, 0) is 11.4 Å². The van der Waals surface area contributed by atoms with Gasteiger partial charge in [0, 0.05) is 28.7 Å². The van der Waals surface area contributed by atoms with Crippen LogP contribution in [0, 0.1) is 0 Å². The summed E-state index contributed by atoms with van der Waals surface area (Å²) in [7, 11) is 3.15. The van der Waals surface area contributed by atoms with Gasteiger partial charge >= 0.3 is 0 Å². The van der Waals surface area contributed by atoms with Crippen molar-refractivity contribution in [2.45, 2.75) is 33.4 Å². The molecule has 1 aliphatic rings. The third-order valence-electron chi connectivity index (χ3n) is 7.53. The van der Waals surface area contributed by atoms with Crippen LogP contribution in [0.2, 0.25) is 0 Å². The van der Waals surface area contributed by atoms with Crippen molar-refractivity contribution >= 4 is 39.2 Å². The molecule has 0 unspecified atom stereocenters. The number of fused-ring (bicyclic) bond motifs is 1. The highest BCUT2D eigenvalue weighted by Gasteiger charge is 2.36. The topological polar surface area (TPSA) is 82.4 Å². The molecule has 10 heteroatoms. The van der Waals surface area contributed by atoms with Gasteiger partial charge < -0.3 is 19.1 Å². The van der Waals surface area contributed by atoms with Gasteiger partial charge in [0.25, 0.3) is 11.5 Å². The predicted molar refractivity (Wildman–Crippen MR) is 176 cm³/mol. The SMILES string of the molecule is CCN(CC)C(=O)C1=C(C)N=c2s/c(=C/c3cc(Br)ccc3OCc3ccccc3)c(=O)n2[C@H]1c1cc(OC)ccc1OC. The lowest BCUT2D eigenvalue weighted by atomic mass is 9.93. The molecule has 44 heavy (non-hydrogen) atoms. The van der Waals surface area contributed by atoms with Crippen LogP contribution in [0.3, 0.4) is 0 Å². The second-order valence-corrected chi connectivity index (χ2v) is 12.0. The van der Waals surface area contributed by atoms with Gasteiger partial charge in [-0.2, -0.15) is 0 Å². The van der Waals surface area contributed by atoms with Gasteiger partial charge in [-0.3, -0.25) is 14.2 Å². The first-order valence-electron chi connectivity index (χ1n) is 14.3. The van der Waals surface area contributed by atoms with Gasteiger partial charge in [0.15, 0.2) is 4.80 Å². The Morgan fingerprint density at radius 3 is 2.43 bits per heavy atom. The van der Waals surface area contributed by atoms with E-state index in [0.717, 1.165) is 15.6 Å². The van der Waals surface area contributed by atoms with Crippen molar-refractivity contribution in [3.05, 3.63) is 119 Å². The molecule has 1 aliphatic heterocycles. The minimum Gasteiger partial charge on any atom is -0.497 e. The Kier molecular flexibility index (Phi) is 9.71. The average molecular weight is 677 g/mol. The zero-order valence-electron chi connectivity index (χ0n) is 25.3. The van der Waals surface area contributed by atoms with Crippen molar-refractivity contribution in [1.29, 1.82) is 0 Å². The molecule has 0 spiro atoms. The fourth-order valence-corrected chi connectivity index (χ4v) is 6.68. The average Bonchev–Trinajstić information content (AvgIpc) is 3.34. The molecule has 2 heterocycles. The summed E-state index contributed by atoms with van der Waals surface area (Å²) in [6, 6.07) is 20.2. The van der Waals surface area contributed by atoms with E-state index in [4.69, 9.17) is 19.2 Å². The molecule has 0 saturated heterocycles. The number of benzene rings is 3. The summed E-state index contributed by atoms with van der Waals surface area (Å²) in [6.07, 6.45) is 1.82. The lowest BCUT2D eigenvalue weighted by Crippen LogP contribution is -2.43. The molecule has 228 valence electrons. The molecule has 0 N–H and O–H groups in total. The number of nitrogens with zero attached hydrogens (tertiary/aromatic N) is 3. The number of methoxy groups -OCH3 is 2. The highest BCUT2D eigenvalue weighted by atomic mass is 79.9. The van der Waals surface area contributed by atoms with Crippen LogP contribution in [0.5, 0.6) is 17.2 Å². The van der Waals surface area contributed by atoms with Crippen LogP contribution < -0.4 is 29.1 Å². The third kappa shape index (κ3) is 6.23. The minimum atomic E-state index is -0.775.